The van der Waals surface area contributed by atoms with Crippen LogP contribution in [-0.4, -0.2) is 43.6 Å². The van der Waals surface area contributed by atoms with Gasteiger partial charge >= 0.3 is 12.3 Å². The van der Waals surface area contributed by atoms with Gasteiger partial charge in [-0.25, -0.2) is 17.9 Å². The predicted molar refractivity (Wildman–Crippen MR) is 97.7 cm³/mol. The molecule has 2 aromatic rings. The third kappa shape index (κ3) is 4.47. The van der Waals surface area contributed by atoms with Crippen molar-refractivity contribution >= 4 is 27.5 Å². The summed E-state index contributed by atoms with van der Waals surface area (Å²) in [4.78, 5) is 11.8. The summed E-state index contributed by atoms with van der Waals surface area (Å²) in [7, 11) is -4.43. The Hall–Kier alpha value is -2.11. The van der Waals surface area contributed by atoms with Crippen LogP contribution in [0.15, 0.2) is 40.6 Å². The zero-order valence-electron chi connectivity index (χ0n) is 14.4. The highest BCUT2D eigenvalue weighted by molar-refractivity contribution is 7.89. The molecule has 6 nitrogen and oxygen atoms in total. The molecule has 0 bridgehead atoms. The second-order valence-electron chi connectivity index (χ2n) is 6.35. The maximum atomic E-state index is 13.6. The van der Waals surface area contributed by atoms with E-state index in [1.807, 2.05) is 0 Å². The molecule has 1 aromatic heterocycles. The number of carboxylic acid groups (broad SMARTS) is 1. The number of alkyl halides is 3. The molecule has 11 heteroatoms. The van der Waals surface area contributed by atoms with Crippen molar-refractivity contribution in [2.45, 2.75) is 30.0 Å². The number of sulfonamides is 1. The Morgan fingerprint density at radius 3 is 2.43 bits per heavy atom. The van der Waals surface area contributed by atoms with Crippen molar-refractivity contribution in [3.8, 4) is 10.4 Å². The Bertz CT molecular complexity index is 951. The molecule has 0 atom stereocenters. The molecular formula is C17H17F3N2O4S2. The topological polar surface area (TPSA) is 86.7 Å². The van der Waals surface area contributed by atoms with E-state index in [0.717, 1.165) is 17.0 Å². The number of nitrogens with zero attached hydrogens (tertiary/aromatic N) is 1. The SMILES string of the molecule is O=C(O)N1CCC(NS(=O)(=O)c2ccc(-c3cccs3)cc2C(F)(F)F)CC1. The molecule has 28 heavy (non-hydrogen) atoms. The van der Waals surface area contributed by atoms with Crippen molar-refractivity contribution < 1.29 is 31.5 Å². The van der Waals surface area contributed by atoms with Gasteiger partial charge in [0.05, 0.1) is 10.5 Å². The molecule has 0 saturated carbocycles. The van der Waals surface area contributed by atoms with Gasteiger partial charge in [-0.2, -0.15) is 13.2 Å². The van der Waals surface area contributed by atoms with Gasteiger partial charge in [0, 0.05) is 24.0 Å². The van der Waals surface area contributed by atoms with E-state index in [0.29, 0.717) is 4.88 Å². The van der Waals surface area contributed by atoms with E-state index in [4.69, 9.17) is 5.11 Å². The fraction of sp³-hybridized carbons (Fsp3) is 0.353. The van der Waals surface area contributed by atoms with Crippen molar-refractivity contribution in [1.82, 2.24) is 9.62 Å². The third-order valence-electron chi connectivity index (χ3n) is 4.47. The Kier molecular flexibility index (Phi) is 5.69. The van der Waals surface area contributed by atoms with E-state index in [9.17, 15) is 26.4 Å². The van der Waals surface area contributed by atoms with Gasteiger partial charge in [-0.3, -0.25) is 0 Å². The first-order chi connectivity index (χ1) is 13.1. The van der Waals surface area contributed by atoms with E-state index in [1.165, 1.54) is 17.4 Å². The van der Waals surface area contributed by atoms with Gasteiger partial charge in [0.1, 0.15) is 0 Å². The number of hydrogen-bond acceptors (Lipinski definition) is 4. The number of likely N-dealkylation sites (tertiary alicyclic amines) is 1. The van der Waals surface area contributed by atoms with Gasteiger partial charge in [-0.15, -0.1) is 11.3 Å². The molecule has 2 heterocycles. The van der Waals surface area contributed by atoms with E-state index in [1.54, 1.807) is 17.5 Å². The minimum atomic E-state index is -4.84. The molecule has 0 radical (unpaired) electrons. The van der Waals surface area contributed by atoms with E-state index >= 15 is 0 Å². The number of halogens is 3. The molecule has 2 N–H and O–H groups in total. The Morgan fingerprint density at radius 2 is 1.89 bits per heavy atom. The average molecular weight is 434 g/mol. The normalized spacial score (nSPS) is 16.3. The number of piperidine rings is 1. The summed E-state index contributed by atoms with van der Waals surface area (Å²) in [5.74, 6) is 0. The number of nitrogens with one attached hydrogen (secondary N) is 1. The minimum absolute atomic E-state index is 0.117. The van der Waals surface area contributed by atoms with Gasteiger partial charge in [0.25, 0.3) is 0 Å². The lowest BCUT2D eigenvalue weighted by molar-refractivity contribution is -0.139. The third-order valence-corrected chi connectivity index (χ3v) is 6.97. The molecule has 1 saturated heterocycles. The lowest BCUT2D eigenvalue weighted by Gasteiger charge is -2.30. The Morgan fingerprint density at radius 1 is 1.21 bits per heavy atom. The molecule has 152 valence electrons. The molecule has 1 aliphatic heterocycles. The van der Waals surface area contributed by atoms with Gasteiger partial charge < -0.3 is 10.0 Å². The first kappa shape index (κ1) is 20.6. The number of benzene rings is 1. The van der Waals surface area contributed by atoms with Crippen LogP contribution < -0.4 is 4.72 Å². The fourth-order valence-corrected chi connectivity index (χ4v) is 5.29. The van der Waals surface area contributed by atoms with Crippen molar-refractivity contribution in [3.05, 3.63) is 41.3 Å². The van der Waals surface area contributed by atoms with Gasteiger partial charge in [-0.05, 0) is 42.0 Å². The summed E-state index contributed by atoms with van der Waals surface area (Å²) < 4.78 is 68.3. The molecule has 0 aliphatic carbocycles. The van der Waals surface area contributed by atoms with Gasteiger partial charge in [-0.1, -0.05) is 12.1 Å². The standard InChI is InChI=1S/C17H17F3N2O4S2/c18-17(19,20)13-10-11(14-2-1-9-27-14)3-4-15(13)28(25,26)21-12-5-7-22(8-6-12)16(23)24/h1-4,9-10,12,21H,5-8H2,(H,23,24). The molecule has 1 fully saturated rings. The number of hydrogen-bond donors (Lipinski definition) is 2. The molecule has 3 rings (SSSR count). The second kappa shape index (κ2) is 7.72. The minimum Gasteiger partial charge on any atom is -0.465 e. The van der Waals surface area contributed by atoms with E-state index in [-0.39, 0.29) is 31.5 Å². The van der Waals surface area contributed by atoms with Crippen LogP contribution in [-0.2, 0) is 16.2 Å². The largest absolute Gasteiger partial charge is 0.465 e. The van der Waals surface area contributed by atoms with Crippen LogP contribution in [0.2, 0.25) is 0 Å². The summed E-state index contributed by atoms with van der Waals surface area (Å²) in [5.41, 5.74) is -0.940. The van der Waals surface area contributed by atoms with Crippen LogP contribution in [0.5, 0.6) is 0 Å². The number of thiophene rings is 1. The molecule has 1 amide bonds. The second-order valence-corrected chi connectivity index (χ2v) is 8.98. The van der Waals surface area contributed by atoms with E-state index < -0.39 is 38.8 Å². The monoisotopic (exact) mass is 434 g/mol. The first-order valence-electron chi connectivity index (χ1n) is 8.33. The first-order valence-corrected chi connectivity index (χ1v) is 10.7. The summed E-state index contributed by atoms with van der Waals surface area (Å²) in [6.45, 7) is 0.234. The number of rotatable bonds is 4. The average Bonchev–Trinajstić information content (AvgIpc) is 3.15. The lowest BCUT2D eigenvalue weighted by atomic mass is 10.1. The highest BCUT2D eigenvalue weighted by atomic mass is 32.2. The Balaban J connectivity index is 1.88. The van der Waals surface area contributed by atoms with Gasteiger partial charge in [0.2, 0.25) is 10.0 Å². The highest BCUT2D eigenvalue weighted by Crippen LogP contribution is 2.38. The van der Waals surface area contributed by atoms with Crippen molar-refractivity contribution in [2.75, 3.05) is 13.1 Å². The van der Waals surface area contributed by atoms with Crippen LogP contribution in [0.3, 0.4) is 0 Å². The molecule has 1 aromatic carbocycles. The van der Waals surface area contributed by atoms with Crippen LogP contribution in [0, 0.1) is 0 Å². The maximum Gasteiger partial charge on any atom is 0.417 e. The predicted octanol–water partition coefficient (Wildman–Crippen LogP) is 3.85. The lowest BCUT2D eigenvalue weighted by Crippen LogP contribution is -2.46. The molecule has 0 spiro atoms. The number of carbonyl (C=O) groups is 1. The highest BCUT2D eigenvalue weighted by Gasteiger charge is 2.38. The Labute approximate surface area is 163 Å². The summed E-state index contributed by atoms with van der Waals surface area (Å²) >= 11 is 1.25. The molecule has 1 aliphatic rings. The van der Waals surface area contributed by atoms with Crippen molar-refractivity contribution in [2.24, 2.45) is 0 Å². The molecular weight excluding hydrogens is 417 g/mol. The zero-order chi connectivity index (χ0) is 20.5. The summed E-state index contributed by atoms with van der Waals surface area (Å²) in [6.07, 6.45) is -5.56. The quantitative estimate of drug-likeness (QED) is 0.765. The molecule has 0 unspecified atom stereocenters. The summed E-state index contributed by atoms with van der Waals surface area (Å²) in [5, 5.41) is 10.6. The maximum absolute atomic E-state index is 13.6. The van der Waals surface area contributed by atoms with Crippen LogP contribution in [0.25, 0.3) is 10.4 Å². The van der Waals surface area contributed by atoms with Crippen LogP contribution in [0.4, 0.5) is 18.0 Å². The van der Waals surface area contributed by atoms with Crippen LogP contribution >= 0.6 is 11.3 Å². The zero-order valence-corrected chi connectivity index (χ0v) is 16.1. The smallest absolute Gasteiger partial charge is 0.417 e. The van der Waals surface area contributed by atoms with Crippen molar-refractivity contribution in [3.63, 3.8) is 0 Å². The van der Waals surface area contributed by atoms with Crippen molar-refractivity contribution in [1.29, 1.82) is 0 Å². The van der Waals surface area contributed by atoms with Crippen LogP contribution in [0.1, 0.15) is 18.4 Å². The van der Waals surface area contributed by atoms with Gasteiger partial charge in [0.15, 0.2) is 0 Å². The number of amides is 1. The summed E-state index contributed by atoms with van der Waals surface area (Å²) in [6, 6.07) is 5.88. The van der Waals surface area contributed by atoms with E-state index in [2.05, 4.69) is 4.72 Å². The fourth-order valence-electron chi connectivity index (χ4n) is 3.05.